The largest absolute Gasteiger partial charge is 0.460 e. The lowest BCUT2D eigenvalue weighted by Crippen LogP contribution is -2.27. The Morgan fingerprint density at radius 1 is 1.15 bits per heavy atom. The Morgan fingerprint density at radius 2 is 1.85 bits per heavy atom. The number of hydrogen-bond donors (Lipinski definition) is 1. The van der Waals surface area contributed by atoms with Crippen molar-refractivity contribution in [3.8, 4) is 0 Å². The van der Waals surface area contributed by atoms with E-state index >= 15 is 0 Å². The summed E-state index contributed by atoms with van der Waals surface area (Å²) >= 11 is 1.24. The molecule has 0 radical (unpaired) electrons. The summed E-state index contributed by atoms with van der Waals surface area (Å²) in [6.07, 6.45) is 0. The van der Waals surface area contributed by atoms with Crippen LogP contribution in [0.1, 0.15) is 10.5 Å². The van der Waals surface area contributed by atoms with E-state index in [1.165, 1.54) is 17.8 Å². The fourth-order valence-corrected chi connectivity index (χ4v) is 3.32. The molecular formula is C19H17FN2O4S. The maximum atomic E-state index is 13.6. The number of carbonyl (C=O) groups is 1. The predicted molar refractivity (Wildman–Crippen MR) is 100 cm³/mol. The molecule has 0 aliphatic carbocycles. The zero-order valence-electron chi connectivity index (χ0n) is 14.3. The molecule has 1 N–H and O–H groups in total. The topological polar surface area (TPSA) is 81.4 Å². The van der Waals surface area contributed by atoms with Gasteiger partial charge in [-0.2, -0.15) is 5.10 Å². The molecule has 140 valence electrons. The summed E-state index contributed by atoms with van der Waals surface area (Å²) in [6.45, 7) is -0.237. The summed E-state index contributed by atoms with van der Waals surface area (Å²) < 4.78 is 19.9. The maximum absolute atomic E-state index is 13.6. The molecule has 0 aliphatic heterocycles. The molecule has 0 atom stereocenters. The average molecular weight is 388 g/mol. The highest BCUT2D eigenvalue weighted by Gasteiger charge is 2.17. The van der Waals surface area contributed by atoms with E-state index in [9.17, 15) is 14.0 Å². The molecule has 27 heavy (non-hydrogen) atoms. The van der Waals surface area contributed by atoms with Crippen LogP contribution < -0.4 is 5.56 Å². The van der Waals surface area contributed by atoms with Crippen LogP contribution in [-0.4, -0.2) is 39.8 Å². The number of hydrogen-bond acceptors (Lipinski definition) is 6. The van der Waals surface area contributed by atoms with Crippen molar-refractivity contribution in [2.24, 2.45) is 0 Å². The number of fused-ring (bicyclic) bond motifs is 1. The first-order chi connectivity index (χ1) is 13.1. The lowest BCUT2D eigenvalue weighted by molar-refractivity contribution is 0.0522. The Morgan fingerprint density at radius 3 is 2.59 bits per heavy atom. The zero-order valence-corrected chi connectivity index (χ0v) is 15.1. The molecule has 8 heteroatoms. The predicted octanol–water partition coefficient (Wildman–Crippen LogP) is 2.48. The maximum Gasteiger partial charge on any atom is 0.359 e. The minimum Gasteiger partial charge on any atom is -0.460 e. The third-order valence-corrected chi connectivity index (χ3v) is 4.80. The van der Waals surface area contributed by atoms with Crippen molar-refractivity contribution in [2.75, 3.05) is 19.0 Å². The van der Waals surface area contributed by atoms with E-state index < -0.39 is 5.97 Å². The van der Waals surface area contributed by atoms with E-state index in [1.807, 2.05) is 0 Å². The Labute approximate surface area is 158 Å². The van der Waals surface area contributed by atoms with Crippen LogP contribution in [0, 0.1) is 5.82 Å². The molecule has 2 aromatic carbocycles. The molecule has 0 unspecified atom stereocenters. The third-order valence-electron chi connectivity index (χ3n) is 3.78. The van der Waals surface area contributed by atoms with E-state index in [-0.39, 0.29) is 36.8 Å². The average Bonchev–Trinajstić information content (AvgIpc) is 2.68. The van der Waals surface area contributed by atoms with E-state index in [2.05, 4.69) is 5.10 Å². The highest BCUT2D eigenvalue weighted by molar-refractivity contribution is 7.99. The number of thioether (sulfide) groups is 1. The number of aliphatic hydroxyl groups is 1. The van der Waals surface area contributed by atoms with Gasteiger partial charge in [0, 0.05) is 16.0 Å². The van der Waals surface area contributed by atoms with Gasteiger partial charge < -0.3 is 9.84 Å². The van der Waals surface area contributed by atoms with Crippen LogP contribution in [-0.2, 0) is 11.3 Å². The number of ether oxygens (including phenoxy) is 1. The Bertz CT molecular complexity index is 1020. The van der Waals surface area contributed by atoms with Gasteiger partial charge in [0.15, 0.2) is 5.69 Å². The first-order valence-corrected chi connectivity index (χ1v) is 9.25. The number of halogens is 1. The summed E-state index contributed by atoms with van der Waals surface area (Å²) in [5, 5.41) is 13.9. The normalized spacial score (nSPS) is 10.9. The van der Waals surface area contributed by atoms with Crippen molar-refractivity contribution in [3.05, 3.63) is 70.4 Å². The van der Waals surface area contributed by atoms with Gasteiger partial charge in [-0.3, -0.25) is 4.79 Å². The molecule has 0 bridgehead atoms. The highest BCUT2D eigenvalue weighted by atomic mass is 32.2. The second-order valence-corrected chi connectivity index (χ2v) is 6.70. The van der Waals surface area contributed by atoms with Gasteiger partial charge in [-0.1, -0.05) is 30.3 Å². The third kappa shape index (κ3) is 4.35. The van der Waals surface area contributed by atoms with Crippen LogP contribution in [0.15, 0.2) is 58.2 Å². The lowest BCUT2D eigenvalue weighted by Gasteiger charge is -2.10. The van der Waals surface area contributed by atoms with E-state index in [0.29, 0.717) is 21.4 Å². The smallest absolute Gasteiger partial charge is 0.359 e. The number of nitrogens with zero attached hydrogens (tertiary/aromatic N) is 2. The van der Waals surface area contributed by atoms with Crippen molar-refractivity contribution in [2.45, 2.75) is 11.4 Å². The van der Waals surface area contributed by atoms with Crippen molar-refractivity contribution in [3.63, 3.8) is 0 Å². The molecule has 0 amide bonds. The summed E-state index contributed by atoms with van der Waals surface area (Å²) in [4.78, 5) is 25.3. The quantitative estimate of drug-likeness (QED) is 0.380. The van der Waals surface area contributed by atoms with Gasteiger partial charge >= 0.3 is 5.97 Å². The Balaban J connectivity index is 1.74. The van der Waals surface area contributed by atoms with Gasteiger partial charge in [-0.05, 0) is 18.2 Å². The van der Waals surface area contributed by atoms with Crippen LogP contribution in [0.2, 0.25) is 0 Å². The van der Waals surface area contributed by atoms with Gasteiger partial charge in [0.2, 0.25) is 0 Å². The summed E-state index contributed by atoms with van der Waals surface area (Å²) in [5.41, 5.74) is -0.374. The summed E-state index contributed by atoms with van der Waals surface area (Å²) in [7, 11) is 0. The van der Waals surface area contributed by atoms with Gasteiger partial charge in [-0.25, -0.2) is 13.9 Å². The van der Waals surface area contributed by atoms with Crippen molar-refractivity contribution < 1.29 is 19.0 Å². The second kappa shape index (κ2) is 8.79. The van der Waals surface area contributed by atoms with E-state index in [1.54, 1.807) is 42.5 Å². The molecule has 1 aromatic heterocycles. The fourth-order valence-electron chi connectivity index (χ4n) is 2.55. The minimum atomic E-state index is -0.674. The SMILES string of the molecule is O=C(OCCSc1ccccc1F)c1nn(CCO)c(=O)c2ccccc12. The van der Waals surface area contributed by atoms with Crippen LogP contribution in [0.3, 0.4) is 0 Å². The van der Waals surface area contributed by atoms with Crippen molar-refractivity contribution in [1.82, 2.24) is 9.78 Å². The van der Waals surface area contributed by atoms with Crippen LogP contribution in [0.25, 0.3) is 10.8 Å². The van der Waals surface area contributed by atoms with Gasteiger partial charge in [0.1, 0.15) is 12.4 Å². The number of aromatic nitrogens is 2. The van der Waals surface area contributed by atoms with Crippen molar-refractivity contribution in [1.29, 1.82) is 0 Å². The zero-order chi connectivity index (χ0) is 19.2. The second-order valence-electron chi connectivity index (χ2n) is 5.56. The molecule has 3 aromatic rings. The lowest BCUT2D eigenvalue weighted by atomic mass is 10.1. The van der Waals surface area contributed by atoms with Crippen LogP contribution in [0.5, 0.6) is 0 Å². The molecule has 0 aliphatic rings. The molecule has 1 heterocycles. The van der Waals surface area contributed by atoms with E-state index in [4.69, 9.17) is 9.84 Å². The van der Waals surface area contributed by atoms with E-state index in [0.717, 1.165) is 4.68 Å². The number of benzene rings is 2. The molecular weight excluding hydrogens is 371 g/mol. The van der Waals surface area contributed by atoms with Crippen LogP contribution in [0.4, 0.5) is 4.39 Å². The molecule has 0 spiro atoms. The van der Waals surface area contributed by atoms with Gasteiger partial charge in [-0.15, -0.1) is 11.8 Å². The standard InChI is InChI=1S/C19H17FN2O4S/c20-15-7-3-4-8-16(15)27-12-11-26-19(25)17-13-5-1-2-6-14(13)18(24)22(21-17)9-10-23/h1-8,23H,9-12H2. The fraction of sp³-hybridized carbons (Fsp3) is 0.211. The van der Waals surface area contributed by atoms with Gasteiger partial charge in [0.05, 0.1) is 18.5 Å². The first kappa shape index (κ1) is 19.1. The number of aliphatic hydroxyl groups excluding tert-OH is 1. The number of rotatable bonds is 7. The number of carbonyl (C=O) groups excluding carboxylic acids is 1. The Hall–Kier alpha value is -2.71. The van der Waals surface area contributed by atoms with Crippen LogP contribution >= 0.6 is 11.8 Å². The molecule has 0 saturated carbocycles. The minimum absolute atomic E-state index is 0.00883. The van der Waals surface area contributed by atoms with Gasteiger partial charge in [0.25, 0.3) is 5.56 Å². The Kier molecular flexibility index (Phi) is 6.20. The molecule has 0 saturated heterocycles. The summed E-state index contributed by atoms with van der Waals surface area (Å²) in [6, 6.07) is 13.0. The molecule has 0 fully saturated rings. The molecule has 6 nitrogen and oxygen atoms in total. The number of esters is 1. The summed E-state index contributed by atoms with van der Waals surface area (Å²) in [5.74, 6) is -0.620. The van der Waals surface area contributed by atoms with Crippen molar-refractivity contribution >= 4 is 28.5 Å². The monoisotopic (exact) mass is 388 g/mol. The highest BCUT2D eigenvalue weighted by Crippen LogP contribution is 2.21. The first-order valence-electron chi connectivity index (χ1n) is 8.27. The molecule has 3 rings (SSSR count).